The predicted molar refractivity (Wildman–Crippen MR) is 122 cm³/mol. The summed E-state index contributed by atoms with van der Waals surface area (Å²) in [5, 5.41) is 0. The monoisotopic (exact) mass is 469 g/mol. The number of ether oxygens (including phenoxy) is 2. The summed E-state index contributed by atoms with van der Waals surface area (Å²) in [6.07, 6.45) is 1.19. The molecule has 0 unspecified atom stereocenters. The SMILES string of the molecule is COc1cc(OC)cc(C(=O)N2CCC(N3CCN(Cc4cccc(F)c4)C(=O)C3=O)CC2)c1. The lowest BCUT2D eigenvalue weighted by Crippen LogP contribution is -2.59. The summed E-state index contributed by atoms with van der Waals surface area (Å²) in [4.78, 5) is 43.4. The molecule has 2 fully saturated rings. The number of likely N-dealkylation sites (tertiary alicyclic amines) is 1. The minimum Gasteiger partial charge on any atom is -0.497 e. The Labute approximate surface area is 197 Å². The predicted octanol–water partition coefficient (Wildman–Crippen LogP) is 2.32. The highest BCUT2D eigenvalue weighted by Gasteiger charge is 2.38. The maximum atomic E-state index is 13.5. The zero-order valence-electron chi connectivity index (χ0n) is 19.3. The standard InChI is InChI=1S/C25H28FN3O5/c1-33-21-13-18(14-22(15-21)34-2)23(30)27-8-6-20(7-9-27)29-11-10-28(24(31)25(29)32)16-17-4-3-5-19(26)12-17/h3-5,12-15,20H,6-11,16H2,1-2H3. The van der Waals surface area contributed by atoms with Crippen LogP contribution in [0.4, 0.5) is 4.39 Å². The number of hydrogen-bond acceptors (Lipinski definition) is 5. The summed E-state index contributed by atoms with van der Waals surface area (Å²) in [7, 11) is 3.06. The summed E-state index contributed by atoms with van der Waals surface area (Å²) in [5.41, 5.74) is 1.13. The molecule has 2 aromatic rings. The number of piperazine rings is 1. The van der Waals surface area contributed by atoms with Crippen molar-refractivity contribution in [3.05, 3.63) is 59.4 Å². The fraction of sp³-hybridized carbons (Fsp3) is 0.400. The first-order chi connectivity index (χ1) is 16.4. The third kappa shape index (κ3) is 4.98. The van der Waals surface area contributed by atoms with E-state index in [4.69, 9.17) is 9.47 Å². The molecule has 34 heavy (non-hydrogen) atoms. The van der Waals surface area contributed by atoms with E-state index in [1.165, 1.54) is 31.3 Å². The number of methoxy groups -OCH3 is 2. The van der Waals surface area contributed by atoms with Crippen molar-refractivity contribution in [2.24, 2.45) is 0 Å². The molecule has 2 saturated heterocycles. The molecule has 0 bridgehead atoms. The van der Waals surface area contributed by atoms with Gasteiger partial charge >= 0.3 is 11.8 Å². The van der Waals surface area contributed by atoms with Crippen LogP contribution in [0.25, 0.3) is 0 Å². The first kappa shape index (κ1) is 23.5. The summed E-state index contributed by atoms with van der Waals surface area (Å²) >= 11 is 0. The highest BCUT2D eigenvalue weighted by Crippen LogP contribution is 2.26. The molecule has 8 nitrogen and oxygen atoms in total. The van der Waals surface area contributed by atoms with Gasteiger partial charge in [-0.25, -0.2) is 4.39 Å². The van der Waals surface area contributed by atoms with Crippen molar-refractivity contribution in [3.8, 4) is 11.5 Å². The number of carbonyl (C=O) groups excluding carboxylic acids is 3. The Balaban J connectivity index is 1.35. The van der Waals surface area contributed by atoms with Gasteiger partial charge in [0.25, 0.3) is 5.91 Å². The van der Waals surface area contributed by atoms with E-state index in [0.717, 1.165) is 0 Å². The van der Waals surface area contributed by atoms with Gasteiger partial charge in [0.2, 0.25) is 0 Å². The van der Waals surface area contributed by atoms with Crippen molar-refractivity contribution in [2.45, 2.75) is 25.4 Å². The van der Waals surface area contributed by atoms with E-state index in [0.29, 0.717) is 61.6 Å². The molecule has 0 radical (unpaired) electrons. The third-order valence-corrected chi connectivity index (χ3v) is 6.40. The fourth-order valence-corrected chi connectivity index (χ4v) is 4.54. The molecule has 9 heteroatoms. The van der Waals surface area contributed by atoms with Gasteiger partial charge in [0.15, 0.2) is 0 Å². The second-order valence-corrected chi connectivity index (χ2v) is 8.48. The molecule has 0 spiro atoms. The molecular formula is C25H28FN3O5. The van der Waals surface area contributed by atoms with Gasteiger partial charge in [-0.1, -0.05) is 12.1 Å². The maximum Gasteiger partial charge on any atom is 0.312 e. The summed E-state index contributed by atoms with van der Waals surface area (Å²) in [6.45, 7) is 1.98. The van der Waals surface area contributed by atoms with Crippen LogP contribution in [0.1, 0.15) is 28.8 Å². The van der Waals surface area contributed by atoms with Crippen molar-refractivity contribution in [3.63, 3.8) is 0 Å². The molecule has 2 heterocycles. The van der Waals surface area contributed by atoms with E-state index in [9.17, 15) is 18.8 Å². The molecule has 0 N–H and O–H groups in total. The Bertz CT molecular complexity index is 1060. The van der Waals surface area contributed by atoms with Crippen molar-refractivity contribution in [1.82, 2.24) is 14.7 Å². The number of carbonyl (C=O) groups is 3. The number of nitrogens with zero attached hydrogens (tertiary/aromatic N) is 3. The van der Waals surface area contributed by atoms with Gasteiger partial charge in [-0.3, -0.25) is 14.4 Å². The Hall–Kier alpha value is -3.62. The van der Waals surface area contributed by atoms with Crippen molar-refractivity contribution >= 4 is 17.7 Å². The number of halogens is 1. The Kier molecular flexibility index (Phi) is 7.00. The summed E-state index contributed by atoms with van der Waals surface area (Å²) in [5.74, 6) is -0.528. The average molecular weight is 470 g/mol. The first-order valence-corrected chi connectivity index (χ1v) is 11.3. The first-order valence-electron chi connectivity index (χ1n) is 11.3. The largest absolute Gasteiger partial charge is 0.497 e. The van der Waals surface area contributed by atoms with E-state index < -0.39 is 11.8 Å². The van der Waals surface area contributed by atoms with Crippen LogP contribution in [0, 0.1) is 5.82 Å². The zero-order chi connectivity index (χ0) is 24.2. The van der Waals surface area contributed by atoms with Gasteiger partial charge in [-0.15, -0.1) is 0 Å². The smallest absolute Gasteiger partial charge is 0.312 e. The van der Waals surface area contributed by atoms with Crippen LogP contribution in [0.15, 0.2) is 42.5 Å². The third-order valence-electron chi connectivity index (χ3n) is 6.40. The van der Waals surface area contributed by atoms with Gasteiger partial charge in [-0.05, 0) is 42.7 Å². The molecule has 4 rings (SSSR count). The second kappa shape index (κ2) is 10.1. The molecule has 2 aliphatic rings. The minimum atomic E-state index is -0.572. The van der Waals surface area contributed by atoms with Crippen LogP contribution < -0.4 is 9.47 Å². The number of piperidine rings is 1. The fourth-order valence-electron chi connectivity index (χ4n) is 4.54. The molecule has 0 saturated carbocycles. The maximum absolute atomic E-state index is 13.5. The molecule has 0 aromatic heterocycles. The second-order valence-electron chi connectivity index (χ2n) is 8.48. The van der Waals surface area contributed by atoms with Gasteiger partial charge in [0.1, 0.15) is 17.3 Å². The van der Waals surface area contributed by atoms with E-state index in [2.05, 4.69) is 0 Å². The summed E-state index contributed by atoms with van der Waals surface area (Å²) < 4.78 is 24.0. The van der Waals surface area contributed by atoms with E-state index in [1.807, 2.05) is 0 Å². The minimum absolute atomic E-state index is 0.100. The van der Waals surface area contributed by atoms with Gasteiger partial charge in [-0.2, -0.15) is 0 Å². The van der Waals surface area contributed by atoms with Crippen LogP contribution in [0.5, 0.6) is 11.5 Å². The molecular weight excluding hydrogens is 441 g/mol. The van der Waals surface area contributed by atoms with E-state index >= 15 is 0 Å². The molecule has 2 aliphatic heterocycles. The number of hydrogen-bond donors (Lipinski definition) is 0. The molecule has 3 amide bonds. The van der Waals surface area contributed by atoms with Crippen LogP contribution >= 0.6 is 0 Å². The van der Waals surface area contributed by atoms with Gasteiger partial charge in [0, 0.05) is 50.4 Å². The number of rotatable bonds is 6. The lowest BCUT2D eigenvalue weighted by atomic mass is 10.0. The van der Waals surface area contributed by atoms with Gasteiger partial charge < -0.3 is 24.2 Å². The lowest BCUT2D eigenvalue weighted by molar-refractivity contribution is -0.158. The average Bonchev–Trinajstić information content (AvgIpc) is 2.86. The highest BCUT2D eigenvalue weighted by atomic mass is 19.1. The Morgan fingerprint density at radius 1 is 0.941 bits per heavy atom. The van der Waals surface area contributed by atoms with Crippen LogP contribution in [-0.2, 0) is 16.1 Å². The summed E-state index contributed by atoms with van der Waals surface area (Å²) in [6, 6.07) is 11.0. The normalized spacial score (nSPS) is 17.2. The lowest BCUT2D eigenvalue weighted by Gasteiger charge is -2.42. The van der Waals surface area contributed by atoms with Crippen molar-refractivity contribution in [1.29, 1.82) is 0 Å². The van der Waals surface area contributed by atoms with Crippen LogP contribution in [0.3, 0.4) is 0 Å². The topological polar surface area (TPSA) is 79.4 Å². The van der Waals surface area contributed by atoms with E-state index in [1.54, 1.807) is 40.1 Å². The highest BCUT2D eigenvalue weighted by molar-refractivity contribution is 6.35. The zero-order valence-corrected chi connectivity index (χ0v) is 19.3. The Morgan fingerprint density at radius 2 is 1.62 bits per heavy atom. The molecule has 180 valence electrons. The van der Waals surface area contributed by atoms with Gasteiger partial charge in [0.05, 0.1) is 14.2 Å². The van der Waals surface area contributed by atoms with Crippen molar-refractivity contribution < 1.29 is 28.2 Å². The quantitative estimate of drug-likeness (QED) is 0.607. The van der Waals surface area contributed by atoms with E-state index in [-0.39, 0.29) is 24.3 Å². The molecule has 2 aromatic carbocycles. The Morgan fingerprint density at radius 3 is 2.24 bits per heavy atom. The van der Waals surface area contributed by atoms with Crippen LogP contribution in [-0.4, -0.2) is 78.9 Å². The van der Waals surface area contributed by atoms with Crippen molar-refractivity contribution in [2.75, 3.05) is 40.4 Å². The number of benzene rings is 2. The molecule has 0 aliphatic carbocycles. The number of amides is 3. The van der Waals surface area contributed by atoms with Crippen LogP contribution in [0.2, 0.25) is 0 Å². The molecule has 0 atom stereocenters.